The SMILES string of the molecule is Cc1ccc2c(c1)CNCCN2CC1CCCO1. The zero-order valence-corrected chi connectivity index (χ0v) is 11.1. The summed E-state index contributed by atoms with van der Waals surface area (Å²) in [7, 11) is 0. The summed E-state index contributed by atoms with van der Waals surface area (Å²) in [6.07, 6.45) is 2.86. The molecule has 0 spiro atoms. The maximum atomic E-state index is 5.77. The molecule has 3 rings (SSSR count). The molecule has 1 saturated heterocycles. The minimum atomic E-state index is 0.428. The van der Waals surface area contributed by atoms with Crippen molar-refractivity contribution in [2.75, 3.05) is 31.1 Å². The van der Waals surface area contributed by atoms with Crippen LogP contribution in [0.2, 0.25) is 0 Å². The molecule has 2 aliphatic heterocycles. The molecule has 0 aliphatic carbocycles. The van der Waals surface area contributed by atoms with Crippen molar-refractivity contribution in [3.05, 3.63) is 29.3 Å². The maximum absolute atomic E-state index is 5.77. The molecule has 3 nitrogen and oxygen atoms in total. The summed E-state index contributed by atoms with van der Waals surface area (Å²) in [5.41, 5.74) is 4.15. The average Bonchev–Trinajstić information content (AvgIpc) is 2.79. The number of ether oxygens (including phenoxy) is 1. The fourth-order valence-corrected chi connectivity index (χ4v) is 2.95. The summed E-state index contributed by atoms with van der Waals surface area (Å²) in [6, 6.07) is 6.79. The molecule has 1 atom stereocenters. The Balaban J connectivity index is 1.81. The summed E-state index contributed by atoms with van der Waals surface area (Å²) < 4.78 is 5.77. The largest absolute Gasteiger partial charge is 0.376 e. The van der Waals surface area contributed by atoms with Gasteiger partial charge in [0, 0.05) is 38.5 Å². The first-order valence-corrected chi connectivity index (χ1v) is 7.00. The second kappa shape index (κ2) is 5.29. The lowest BCUT2D eigenvalue weighted by molar-refractivity contribution is 0.115. The van der Waals surface area contributed by atoms with E-state index in [1.54, 1.807) is 0 Å². The molecule has 1 aromatic carbocycles. The van der Waals surface area contributed by atoms with Gasteiger partial charge in [-0.3, -0.25) is 0 Å². The maximum Gasteiger partial charge on any atom is 0.0750 e. The van der Waals surface area contributed by atoms with Crippen LogP contribution in [-0.4, -0.2) is 32.3 Å². The minimum absolute atomic E-state index is 0.428. The molecule has 2 aliphatic rings. The lowest BCUT2D eigenvalue weighted by atomic mass is 10.1. The zero-order valence-electron chi connectivity index (χ0n) is 11.1. The van der Waals surface area contributed by atoms with Crippen LogP contribution in [0.25, 0.3) is 0 Å². The first-order chi connectivity index (χ1) is 8.83. The standard InChI is InChI=1S/C15H22N2O/c1-12-4-5-15-13(9-12)10-16-6-7-17(15)11-14-3-2-8-18-14/h4-5,9,14,16H,2-3,6-8,10-11H2,1H3. The Morgan fingerprint density at radius 1 is 1.44 bits per heavy atom. The molecule has 1 fully saturated rings. The van der Waals surface area contributed by atoms with Crippen LogP contribution >= 0.6 is 0 Å². The first-order valence-electron chi connectivity index (χ1n) is 7.00. The van der Waals surface area contributed by atoms with E-state index in [-0.39, 0.29) is 0 Å². The highest BCUT2D eigenvalue weighted by atomic mass is 16.5. The van der Waals surface area contributed by atoms with Crippen LogP contribution in [0, 0.1) is 6.92 Å². The van der Waals surface area contributed by atoms with Gasteiger partial charge in [0.2, 0.25) is 0 Å². The number of aryl methyl sites for hydroxylation is 1. The van der Waals surface area contributed by atoms with Crippen molar-refractivity contribution < 1.29 is 4.74 Å². The molecule has 0 radical (unpaired) electrons. The molecule has 0 saturated carbocycles. The van der Waals surface area contributed by atoms with Gasteiger partial charge in [0.1, 0.15) is 0 Å². The van der Waals surface area contributed by atoms with Crippen molar-refractivity contribution in [2.24, 2.45) is 0 Å². The molecule has 0 aromatic heterocycles. The quantitative estimate of drug-likeness (QED) is 0.864. The Bertz CT molecular complexity index is 413. The monoisotopic (exact) mass is 246 g/mol. The lowest BCUT2D eigenvalue weighted by Gasteiger charge is -2.27. The van der Waals surface area contributed by atoms with E-state index in [2.05, 4.69) is 35.3 Å². The third kappa shape index (κ3) is 2.52. The van der Waals surface area contributed by atoms with E-state index in [1.807, 2.05) is 0 Å². The highest BCUT2D eigenvalue weighted by molar-refractivity contribution is 5.55. The molecule has 2 heterocycles. The van der Waals surface area contributed by atoms with Gasteiger partial charge in [-0.05, 0) is 31.4 Å². The van der Waals surface area contributed by atoms with Crippen molar-refractivity contribution in [3.63, 3.8) is 0 Å². The number of nitrogens with zero attached hydrogens (tertiary/aromatic N) is 1. The summed E-state index contributed by atoms with van der Waals surface area (Å²) in [4.78, 5) is 2.49. The summed E-state index contributed by atoms with van der Waals surface area (Å²) in [6.45, 7) is 7.26. The molecule has 1 N–H and O–H groups in total. The molecular weight excluding hydrogens is 224 g/mol. The molecule has 18 heavy (non-hydrogen) atoms. The minimum Gasteiger partial charge on any atom is -0.376 e. The van der Waals surface area contributed by atoms with Crippen LogP contribution < -0.4 is 10.2 Å². The number of anilines is 1. The van der Waals surface area contributed by atoms with Gasteiger partial charge in [-0.25, -0.2) is 0 Å². The van der Waals surface area contributed by atoms with Crippen LogP contribution in [0.3, 0.4) is 0 Å². The van der Waals surface area contributed by atoms with Crippen molar-refractivity contribution in [3.8, 4) is 0 Å². The Morgan fingerprint density at radius 2 is 2.39 bits per heavy atom. The molecule has 98 valence electrons. The normalized spacial score (nSPS) is 23.8. The van der Waals surface area contributed by atoms with Gasteiger partial charge in [0.05, 0.1) is 6.10 Å². The summed E-state index contributed by atoms with van der Waals surface area (Å²) in [5.74, 6) is 0. The molecule has 0 bridgehead atoms. The van der Waals surface area contributed by atoms with E-state index in [4.69, 9.17) is 4.74 Å². The van der Waals surface area contributed by atoms with Crippen molar-refractivity contribution in [2.45, 2.75) is 32.4 Å². The van der Waals surface area contributed by atoms with Gasteiger partial charge >= 0.3 is 0 Å². The van der Waals surface area contributed by atoms with Gasteiger partial charge in [0.25, 0.3) is 0 Å². The number of rotatable bonds is 2. The van der Waals surface area contributed by atoms with Crippen molar-refractivity contribution >= 4 is 5.69 Å². The van der Waals surface area contributed by atoms with E-state index >= 15 is 0 Å². The van der Waals surface area contributed by atoms with E-state index in [1.165, 1.54) is 29.7 Å². The number of hydrogen-bond acceptors (Lipinski definition) is 3. The van der Waals surface area contributed by atoms with Crippen LogP contribution in [0.5, 0.6) is 0 Å². The van der Waals surface area contributed by atoms with Gasteiger partial charge in [-0.2, -0.15) is 0 Å². The van der Waals surface area contributed by atoms with Crippen LogP contribution in [0.4, 0.5) is 5.69 Å². The van der Waals surface area contributed by atoms with Gasteiger partial charge in [0.15, 0.2) is 0 Å². The Hall–Kier alpha value is -1.06. The number of hydrogen-bond donors (Lipinski definition) is 1. The van der Waals surface area contributed by atoms with E-state index in [0.29, 0.717) is 6.10 Å². The Labute approximate surface area is 109 Å². The third-order valence-corrected chi connectivity index (χ3v) is 3.90. The number of nitrogens with one attached hydrogen (secondary N) is 1. The molecule has 1 unspecified atom stereocenters. The summed E-state index contributed by atoms with van der Waals surface area (Å²) in [5, 5.41) is 3.50. The second-order valence-corrected chi connectivity index (χ2v) is 5.39. The van der Waals surface area contributed by atoms with Gasteiger partial charge in [-0.1, -0.05) is 17.7 Å². The van der Waals surface area contributed by atoms with Gasteiger partial charge < -0.3 is 15.0 Å². The van der Waals surface area contributed by atoms with E-state index < -0.39 is 0 Å². The second-order valence-electron chi connectivity index (χ2n) is 5.39. The van der Waals surface area contributed by atoms with Crippen LogP contribution in [-0.2, 0) is 11.3 Å². The predicted octanol–water partition coefficient (Wildman–Crippen LogP) is 2.08. The first kappa shape index (κ1) is 12.0. The third-order valence-electron chi connectivity index (χ3n) is 3.90. The highest BCUT2D eigenvalue weighted by Gasteiger charge is 2.22. The smallest absolute Gasteiger partial charge is 0.0750 e. The van der Waals surface area contributed by atoms with Crippen molar-refractivity contribution in [1.82, 2.24) is 5.32 Å². The fraction of sp³-hybridized carbons (Fsp3) is 0.600. The number of fused-ring (bicyclic) bond motifs is 1. The molecule has 1 aromatic rings. The molecular formula is C15H22N2O. The molecule has 0 amide bonds. The average molecular weight is 246 g/mol. The highest BCUT2D eigenvalue weighted by Crippen LogP contribution is 2.25. The van der Waals surface area contributed by atoms with Crippen molar-refractivity contribution in [1.29, 1.82) is 0 Å². The Kier molecular flexibility index (Phi) is 3.52. The van der Waals surface area contributed by atoms with E-state index in [9.17, 15) is 0 Å². The topological polar surface area (TPSA) is 24.5 Å². The van der Waals surface area contributed by atoms with Crippen LogP contribution in [0.15, 0.2) is 18.2 Å². The summed E-state index contributed by atoms with van der Waals surface area (Å²) >= 11 is 0. The lowest BCUT2D eigenvalue weighted by Crippen LogP contribution is -2.35. The fourth-order valence-electron chi connectivity index (χ4n) is 2.95. The Morgan fingerprint density at radius 3 is 3.22 bits per heavy atom. The van der Waals surface area contributed by atoms with Gasteiger partial charge in [-0.15, -0.1) is 0 Å². The van der Waals surface area contributed by atoms with Crippen LogP contribution in [0.1, 0.15) is 24.0 Å². The molecule has 3 heteroatoms. The predicted molar refractivity (Wildman–Crippen MR) is 74.1 cm³/mol. The van der Waals surface area contributed by atoms with E-state index in [0.717, 1.165) is 32.8 Å². The zero-order chi connectivity index (χ0) is 12.4. The number of benzene rings is 1.